The van der Waals surface area contributed by atoms with Gasteiger partial charge in [0.05, 0.1) is 29.9 Å². The van der Waals surface area contributed by atoms with Crippen LogP contribution in [-0.4, -0.2) is 30.1 Å². The Morgan fingerprint density at radius 2 is 1.87 bits per heavy atom. The summed E-state index contributed by atoms with van der Waals surface area (Å²) in [6, 6.07) is 13.9. The van der Waals surface area contributed by atoms with E-state index in [1.807, 2.05) is 0 Å². The van der Waals surface area contributed by atoms with E-state index < -0.39 is 10.8 Å². The van der Waals surface area contributed by atoms with Gasteiger partial charge in [0.1, 0.15) is 17.3 Å². The second-order valence-corrected chi connectivity index (χ2v) is 6.30. The Balaban J connectivity index is 1.68. The fraction of sp³-hybridized carbons (Fsp3) is 0.0952. The van der Waals surface area contributed by atoms with Crippen LogP contribution in [0.15, 0.2) is 64.1 Å². The van der Waals surface area contributed by atoms with Crippen LogP contribution < -0.4 is 15.5 Å². The minimum Gasteiger partial charge on any atom is -0.497 e. The van der Waals surface area contributed by atoms with Crippen LogP contribution in [0, 0.1) is 10.1 Å². The molecule has 0 radical (unpaired) electrons. The Kier molecular flexibility index (Phi) is 6.41. The van der Waals surface area contributed by atoms with Gasteiger partial charge in [0.15, 0.2) is 0 Å². The maximum atomic E-state index is 12.1. The Labute approximate surface area is 176 Å². The first kappa shape index (κ1) is 21.2. The molecule has 10 nitrogen and oxygen atoms in total. The Hall–Kier alpha value is -4.47. The number of nitrogens with zero attached hydrogens (tertiary/aromatic N) is 2. The molecular weight excluding hydrogens is 404 g/mol. The molecule has 158 valence electrons. The molecule has 31 heavy (non-hydrogen) atoms. The van der Waals surface area contributed by atoms with Gasteiger partial charge in [-0.1, -0.05) is 0 Å². The summed E-state index contributed by atoms with van der Waals surface area (Å²) in [5.41, 5.74) is 3.41. The molecule has 2 aromatic carbocycles. The highest BCUT2D eigenvalue weighted by atomic mass is 16.6. The number of carbonyl (C=O) groups excluding carboxylic acids is 2. The topological polar surface area (TPSA) is 136 Å². The summed E-state index contributed by atoms with van der Waals surface area (Å²) >= 11 is 0. The molecule has 0 aliphatic carbocycles. The van der Waals surface area contributed by atoms with E-state index in [2.05, 4.69) is 15.8 Å². The van der Waals surface area contributed by atoms with Gasteiger partial charge in [-0.25, -0.2) is 5.43 Å². The first-order valence-corrected chi connectivity index (χ1v) is 9.01. The van der Waals surface area contributed by atoms with Crippen LogP contribution in [-0.2, 0) is 4.79 Å². The first-order valence-electron chi connectivity index (χ1n) is 9.01. The second kappa shape index (κ2) is 9.35. The van der Waals surface area contributed by atoms with E-state index >= 15 is 0 Å². The fourth-order valence-electron chi connectivity index (χ4n) is 2.69. The smallest absolute Gasteiger partial charge is 0.284 e. The highest BCUT2D eigenvalue weighted by Gasteiger charge is 2.19. The zero-order valence-electron chi connectivity index (χ0n) is 16.6. The summed E-state index contributed by atoms with van der Waals surface area (Å²) < 4.78 is 10.6. The van der Waals surface area contributed by atoms with Gasteiger partial charge in [-0.15, -0.1) is 0 Å². The molecule has 2 N–H and O–H groups in total. The lowest BCUT2D eigenvalue weighted by atomic mass is 10.1. The van der Waals surface area contributed by atoms with Crippen LogP contribution in [0.1, 0.15) is 23.0 Å². The maximum absolute atomic E-state index is 12.1. The summed E-state index contributed by atoms with van der Waals surface area (Å²) in [6.45, 7) is 1.39. The van der Waals surface area contributed by atoms with Crippen molar-refractivity contribution in [2.75, 3.05) is 12.4 Å². The van der Waals surface area contributed by atoms with Gasteiger partial charge in [0, 0.05) is 18.2 Å². The molecule has 10 heteroatoms. The molecule has 0 aliphatic heterocycles. The Bertz CT molecular complexity index is 1150. The number of ether oxygens (including phenoxy) is 1. The largest absolute Gasteiger partial charge is 0.497 e. The molecule has 0 atom stereocenters. The number of anilines is 1. The molecule has 0 spiro atoms. The molecule has 3 rings (SSSR count). The predicted molar refractivity (Wildman–Crippen MR) is 113 cm³/mol. The van der Waals surface area contributed by atoms with Crippen molar-refractivity contribution in [3.63, 3.8) is 0 Å². The van der Waals surface area contributed by atoms with Crippen LogP contribution >= 0.6 is 0 Å². The van der Waals surface area contributed by atoms with Crippen molar-refractivity contribution in [1.29, 1.82) is 0 Å². The standard InChI is InChI=1S/C21H18N4O6/c1-13(26)23-15-5-3-14(4-6-15)21(27)24-22-12-17-8-10-20(31-17)18-9-7-16(30-2)11-19(18)25(28)29/h3-12H,1-2H3,(H,23,26)(H,24,27). The fourth-order valence-corrected chi connectivity index (χ4v) is 2.69. The number of hydrazone groups is 1. The van der Waals surface area contributed by atoms with E-state index in [4.69, 9.17) is 9.15 Å². The lowest BCUT2D eigenvalue weighted by Crippen LogP contribution is -2.17. The number of furan rings is 1. The maximum Gasteiger partial charge on any atom is 0.284 e. The number of methoxy groups -OCH3 is 1. The third-order valence-electron chi connectivity index (χ3n) is 4.12. The predicted octanol–water partition coefficient (Wildman–Crippen LogP) is 3.59. The van der Waals surface area contributed by atoms with Gasteiger partial charge in [-0.3, -0.25) is 19.7 Å². The number of rotatable bonds is 7. The molecule has 0 saturated heterocycles. The second-order valence-electron chi connectivity index (χ2n) is 6.30. The molecule has 0 bridgehead atoms. The van der Waals surface area contributed by atoms with E-state index in [-0.39, 0.29) is 22.9 Å². The van der Waals surface area contributed by atoms with Crippen molar-refractivity contribution in [1.82, 2.24) is 5.43 Å². The third kappa shape index (κ3) is 5.32. The van der Waals surface area contributed by atoms with E-state index in [1.165, 1.54) is 32.4 Å². The molecule has 1 heterocycles. The van der Waals surface area contributed by atoms with Crippen LogP contribution in [0.5, 0.6) is 5.75 Å². The van der Waals surface area contributed by atoms with Crippen molar-refractivity contribution < 1.29 is 23.7 Å². The van der Waals surface area contributed by atoms with Gasteiger partial charge in [0.2, 0.25) is 5.91 Å². The minimum atomic E-state index is -0.522. The molecule has 3 aromatic rings. The molecule has 1 aromatic heterocycles. The normalized spacial score (nSPS) is 10.6. The Morgan fingerprint density at radius 3 is 2.52 bits per heavy atom. The molecule has 2 amide bonds. The third-order valence-corrected chi connectivity index (χ3v) is 4.12. The number of hydrogen-bond donors (Lipinski definition) is 2. The van der Waals surface area contributed by atoms with E-state index in [0.717, 1.165) is 0 Å². The number of nitrogens with one attached hydrogen (secondary N) is 2. The summed E-state index contributed by atoms with van der Waals surface area (Å²) in [4.78, 5) is 34.0. The van der Waals surface area contributed by atoms with Gasteiger partial charge < -0.3 is 14.5 Å². The lowest BCUT2D eigenvalue weighted by molar-refractivity contribution is -0.384. The summed E-state index contributed by atoms with van der Waals surface area (Å²) in [5.74, 6) is 0.261. The quantitative estimate of drug-likeness (QED) is 0.339. The van der Waals surface area contributed by atoms with Crippen LogP contribution in [0.3, 0.4) is 0 Å². The highest BCUT2D eigenvalue weighted by molar-refractivity contribution is 5.96. The number of hydrogen-bond acceptors (Lipinski definition) is 7. The van der Waals surface area contributed by atoms with E-state index in [9.17, 15) is 19.7 Å². The highest BCUT2D eigenvalue weighted by Crippen LogP contribution is 2.33. The van der Waals surface area contributed by atoms with Crippen molar-refractivity contribution in [2.45, 2.75) is 6.92 Å². The number of benzene rings is 2. The van der Waals surface area contributed by atoms with Crippen LogP contribution in [0.2, 0.25) is 0 Å². The number of nitro benzene ring substituents is 1. The summed E-state index contributed by atoms with van der Waals surface area (Å²) in [5, 5.41) is 17.8. The number of amides is 2. The summed E-state index contributed by atoms with van der Waals surface area (Å²) in [7, 11) is 1.42. The van der Waals surface area contributed by atoms with Crippen molar-refractivity contribution in [3.8, 4) is 17.1 Å². The molecule has 0 fully saturated rings. The molecular formula is C21H18N4O6. The van der Waals surface area contributed by atoms with Crippen LogP contribution in [0.25, 0.3) is 11.3 Å². The van der Waals surface area contributed by atoms with E-state index in [0.29, 0.717) is 22.8 Å². The van der Waals surface area contributed by atoms with E-state index in [1.54, 1.807) is 42.5 Å². The number of nitro groups is 1. The lowest BCUT2D eigenvalue weighted by Gasteiger charge is -2.03. The SMILES string of the molecule is COc1ccc(-c2ccc(C=NNC(=O)c3ccc(NC(C)=O)cc3)o2)c([N+](=O)[O-])c1. The van der Waals surface area contributed by atoms with Crippen LogP contribution in [0.4, 0.5) is 11.4 Å². The Morgan fingerprint density at radius 1 is 1.13 bits per heavy atom. The zero-order chi connectivity index (χ0) is 22.4. The van der Waals surface area contributed by atoms with Crippen molar-refractivity contribution in [3.05, 3.63) is 76.0 Å². The monoisotopic (exact) mass is 422 g/mol. The number of carbonyl (C=O) groups is 2. The average Bonchev–Trinajstić information content (AvgIpc) is 3.22. The summed E-state index contributed by atoms with van der Waals surface area (Å²) in [6.07, 6.45) is 1.28. The van der Waals surface area contributed by atoms with Gasteiger partial charge in [-0.05, 0) is 48.5 Å². The van der Waals surface area contributed by atoms with Gasteiger partial charge >= 0.3 is 0 Å². The first-order chi connectivity index (χ1) is 14.9. The average molecular weight is 422 g/mol. The zero-order valence-corrected chi connectivity index (χ0v) is 16.6. The van der Waals surface area contributed by atoms with Gasteiger partial charge in [0.25, 0.3) is 11.6 Å². The molecule has 0 saturated carbocycles. The van der Waals surface area contributed by atoms with Crippen molar-refractivity contribution >= 4 is 29.4 Å². The van der Waals surface area contributed by atoms with Crippen molar-refractivity contribution in [2.24, 2.45) is 5.10 Å². The molecule has 0 unspecified atom stereocenters. The van der Waals surface area contributed by atoms with Gasteiger partial charge in [-0.2, -0.15) is 5.10 Å². The molecule has 0 aliphatic rings. The minimum absolute atomic E-state index is 0.159.